The highest BCUT2D eigenvalue weighted by Crippen LogP contribution is 2.08. The molecule has 0 aliphatic rings. The first-order valence-electron chi connectivity index (χ1n) is 4.17. The molecule has 0 fully saturated rings. The summed E-state index contributed by atoms with van der Waals surface area (Å²) < 4.78 is 4.89. The highest BCUT2D eigenvalue weighted by atomic mass is 35.5. The number of imidazole rings is 1. The van der Waals surface area contributed by atoms with Gasteiger partial charge in [0.05, 0.1) is 17.8 Å². The summed E-state index contributed by atoms with van der Waals surface area (Å²) in [5.41, 5.74) is 0.721. The van der Waals surface area contributed by atoms with Crippen LogP contribution in [0.5, 0.6) is 6.01 Å². The summed E-state index contributed by atoms with van der Waals surface area (Å²) >= 11 is 5.54. The van der Waals surface area contributed by atoms with Gasteiger partial charge in [0.25, 0.3) is 0 Å². The van der Waals surface area contributed by atoms with E-state index in [9.17, 15) is 4.79 Å². The van der Waals surface area contributed by atoms with Crippen molar-refractivity contribution in [2.45, 2.75) is 18.7 Å². The quantitative estimate of drug-likeness (QED) is 0.496. The normalized spacial score (nSPS) is 9.13. The topological polar surface area (TPSA) is 55.0 Å². The maximum atomic E-state index is 11.1. The number of hydrogen-bond donors (Lipinski definition) is 1. The molecule has 6 heteroatoms. The van der Waals surface area contributed by atoms with Crippen LogP contribution in [0.4, 0.5) is 0 Å². The zero-order valence-electron chi connectivity index (χ0n) is 8.03. The van der Waals surface area contributed by atoms with Crippen LogP contribution >= 0.6 is 24.0 Å². The summed E-state index contributed by atoms with van der Waals surface area (Å²) in [5, 5.41) is 0. The van der Waals surface area contributed by atoms with Gasteiger partial charge in [-0.3, -0.25) is 4.79 Å². The summed E-state index contributed by atoms with van der Waals surface area (Å²) in [5.74, 6) is -0.0163. The number of aromatic amines is 1. The Morgan fingerprint density at radius 1 is 1.73 bits per heavy atom. The van der Waals surface area contributed by atoms with Gasteiger partial charge in [0, 0.05) is 6.42 Å². The van der Waals surface area contributed by atoms with Crippen molar-refractivity contribution in [3.05, 3.63) is 24.5 Å². The van der Waals surface area contributed by atoms with Crippen LogP contribution in [0.1, 0.15) is 18.5 Å². The molecule has 15 heavy (non-hydrogen) atoms. The van der Waals surface area contributed by atoms with E-state index in [-0.39, 0.29) is 24.4 Å². The van der Waals surface area contributed by atoms with Crippen LogP contribution in [0.15, 0.2) is 18.9 Å². The van der Waals surface area contributed by atoms with Crippen LogP contribution in [-0.2, 0) is 10.7 Å². The molecule has 1 N–H and O–H groups in total. The highest BCUT2D eigenvalue weighted by Gasteiger charge is 2.06. The number of carbonyl (C=O) groups excluding carboxylic acids is 1. The van der Waals surface area contributed by atoms with Gasteiger partial charge in [0.1, 0.15) is 0 Å². The Bertz CT molecular complexity index is 326. The number of nitrogens with one attached hydrogen (secondary N) is 1. The van der Waals surface area contributed by atoms with Crippen LogP contribution in [0.25, 0.3) is 0 Å². The van der Waals surface area contributed by atoms with E-state index in [4.69, 9.17) is 16.3 Å². The predicted octanol–water partition coefficient (Wildman–Crippen LogP) is 2.44. The summed E-state index contributed by atoms with van der Waals surface area (Å²) in [6.07, 6.45) is 4.10. The molecule has 0 aromatic carbocycles. The molecule has 0 atom stereocenters. The van der Waals surface area contributed by atoms with E-state index < -0.39 is 0 Å². The summed E-state index contributed by atoms with van der Waals surface area (Å²) in [6, 6.07) is 0.190. The fourth-order valence-electron chi connectivity index (χ4n) is 0.837. The second kappa shape index (κ2) is 7.31. The zero-order chi connectivity index (χ0) is 10.4. The first-order chi connectivity index (χ1) is 6.76. The lowest BCUT2D eigenvalue weighted by molar-refractivity contribution is -0.134. The molecule has 0 radical (unpaired) electrons. The number of halogens is 2. The maximum Gasteiger partial charge on any atom is 0.313 e. The van der Waals surface area contributed by atoms with Crippen molar-refractivity contribution in [2.24, 2.45) is 0 Å². The van der Waals surface area contributed by atoms with Gasteiger partial charge in [-0.25, -0.2) is 4.98 Å². The molecule has 1 heterocycles. The van der Waals surface area contributed by atoms with Gasteiger partial charge in [-0.1, -0.05) is 6.08 Å². The monoisotopic (exact) mass is 250 g/mol. The fourth-order valence-corrected chi connectivity index (χ4v) is 0.973. The van der Waals surface area contributed by atoms with Gasteiger partial charge in [-0.05, 0) is 6.42 Å². The minimum absolute atomic E-state index is 0. The molecule has 1 rings (SSSR count). The zero-order valence-corrected chi connectivity index (χ0v) is 9.61. The van der Waals surface area contributed by atoms with Crippen molar-refractivity contribution in [3.63, 3.8) is 0 Å². The van der Waals surface area contributed by atoms with Crippen molar-refractivity contribution in [1.82, 2.24) is 9.97 Å². The smallest absolute Gasteiger partial charge is 0.313 e. The fraction of sp³-hybridized carbons (Fsp3) is 0.333. The van der Waals surface area contributed by atoms with E-state index in [1.54, 1.807) is 6.08 Å². The number of ether oxygens (including phenoxy) is 1. The molecule has 1 aromatic heterocycles. The highest BCUT2D eigenvalue weighted by molar-refractivity contribution is 6.16. The third-order valence-electron chi connectivity index (χ3n) is 1.51. The Hall–Kier alpha value is -1.000. The van der Waals surface area contributed by atoms with Gasteiger partial charge in [0.15, 0.2) is 0 Å². The molecular weight excluding hydrogens is 239 g/mol. The number of alkyl halides is 1. The maximum absolute atomic E-state index is 11.1. The molecule has 0 aliphatic heterocycles. The molecule has 4 nitrogen and oxygen atoms in total. The number of carbonyl (C=O) groups is 1. The lowest BCUT2D eigenvalue weighted by atomic mass is 10.3. The van der Waals surface area contributed by atoms with Crippen LogP contribution in [0, 0.1) is 0 Å². The van der Waals surface area contributed by atoms with Crippen molar-refractivity contribution in [3.8, 4) is 6.01 Å². The molecule has 1 aromatic rings. The average Bonchev–Trinajstić information content (AvgIpc) is 2.62. The Kier molecular flexibility index (Phi) is 6.83. The molecule has 0 spiro atoms. The Labute approximate surface area is 99.1 Å². The van der Waals surface area contributed by atoms with Crippen molar-refractivity contribution in [1.29, 1.82) is 0 Å². The molecule has 0 unspecified atom stereocenters. The van der Waals surface area contributed by atoms with Gasteiger partial charge in [0.2, 0.25) is 0 Å². The Morgan fingerprint density at radius 2 is 2.47 bits per heavy atom. The van der Waals surface area contributed by atoms with Crippen molar-refractivity contribution < 1.29 is 9.53 Å². The number of allylic oxidation sites excluding steroid dienone is 1. The number of hydrogen-bond acceptors (Lipinski definition) is 3. The van der Waals surface area contributed by atoms with E-state index in [0.717, 1.165) is 5.69 Å². The van der Waals surface area contributed by atoms with Crippen LogP contribution in [0.3, 0.4) is 0 Å². The summed E-state index contributed by atoms with van der Waals surface area (Å²) in [6.45, 7) is 3.51. The molecule has 84 valence electrons. The van der Waals surface area contributed by atoms with Gasteiger partial charge in [-0.15, -0.1) is 30.6 Å². The lowest BCUT2D eigenvalue weighted by Crippen LogP contribution is -2.07. The number of H-pyrrole nitrogens is 1. The van der Waals surface area contributed by atoms with Crippen molar-refractivity contribution >= 4 is 30.0 Å². The van der Waals surface area contributed by atoms with Gasteiger partial charge in [-0.2, -0.15) is 0 Å². The van der Waals surface area contributed by atoms with E-state index >= 15 is 0 Å². The Balaban J connectivity index is 0.00000196. The van der Waals surface area contributed by atoms with E-state index in [1.165, 1.54) is 6.20 Å². The van der Waals surface area contributed by atoms with E-state index in [2.05, 4.69) is 16.5 Å². The number of esters is 1. The van der Waals surface area contributed by atoms with E-state index in [1.807, 2.05) is 0 Å². The molecule has 0 amide bonds. The summed E-state index contributed by atoms with van der Waals surface area (Å²) in [4.78, 5) is 17.7. The second-order valence-electron chi connectivity index (χ2n) is 2.65. The molecule has 0 saturated carbocycles. The second-order valence-corrected chi connectivity index (χ2v) is 2.92. The standard InChI is InChI=1S/C9H11ClN2O2.ClH/c1-2-3-4-8(13)14-9-11-6-7(5-10)12-9;/h2,6H,1,3-5H2,(H,11,12);1H. The number of rotatable bonds is 5. The first kappa shape index (κ1) is 14.0. The minimum Gasteiger partial charge on any atom is -0.392 e. The van der Waals surface area contributed by atoms with Crippen LogP contribution < -0.4 is 4.74 Å². The number of nitrogens with zero attached hydrogens (tertiary/aromatic N) is 1. The molecule has 0 saturated heterocycles. The Morgan fingerprint density at radius 3 is 3.00 bits per heavy atom. The third-order valence-corrected chi connectivity index (χ3v) is 1.80. The number of aromatic nitrogens is 2. The minimum atomic E-state index is -0.333. The van der Waals surface area contributed by atoms with Gasteiger partial charge >= 0.3 is 12.0 Å². The first-order valence-corrected chi connectivity index (χ1v) is 4.71. The summed E-state index contributed by atoms with van der Waals surface area (Å²) in [7, 11) is 0. The predicted molar refractivity (Wildman–Crippen MR) is 60.5 cm³/mol. The average molecular weight is 251 g/mol. The van der Waals surface area contributed by atoms with Crippen LogP contribution in [-0.4, -0.2) is 15.9 Å². The SMILES string of the molecule is C=CCCC(=O)Oc1ncc(CCl)[nH]1.Cl. The third kappa shape index (κ3) is 4.85. The van der Waals surface area contributed by atoms with Crippen LogP contribution in [0.2, 0.25) is 0 Å². The van der Waals surface area contributed by atoms with E-state index in [0.29, 0.717) is 18.7 Å². The largest absolute Gasteiger partial charge is 0.392 e. The molecular formula is C9H12Cl2N2O2. The molecule has 0 aliphatic carbocycles. The van der Waals surface area contributed by atoms with Gasteiger partial charge < -0.3 is 9.72 Å². The lowest BCUT2D eigenvalue weighted by Gasteiger charge is -1.97. The molecule has 0 bridgehead atoms. The van der Waals surface area contributed by atoms with Crippen molar-refractivity contribution in [2.75, 3.05) is 0 Å².